The van der Waals surface area contributed by atoms with E-state index < -0.39 is 6.04 Å². The van der Waals surface area contributed by atoms with Crippen molar-refractivity contribution in [3.05, 3.63) is 108 Å². The van der Waals surface area contributed by atoms with Gasteiger partial charge in [0.25, 0.3) is 5.91 Å². The van der Waals surface area contributed by atoms with E-state index in [-0.39, 0.29) is 11.7 Å². The number of pyridine rings is 1. The van der Waals surface area contributed by atoms with E-state index in [9.17, 15) is 9.90 Å². The number of aromatic hydroxyl groups is 1. The molecule has 1 N–H and O–H groups in total. The molecule has 1 aliphatic heterocycles. The van der Waals surface area contributed by atoms with Crippen LogP contribution in [0.5, 0.6) is 5.75 Å². The van der Waals surface area contributed by atoms with Gasteiger partial charge in [-0.1, -0.05) is 42.5 Å². The fraction of sp³-hybridized carbons (Fsp3) is 0.120. The number of carbonyl (C=O) groups is 1. The molecule has 5 rings (SSSR count). The quantitative estimate of drug-likeness (QED) is 0.531. The number of phenolic OH excluding ortho intramolecular Hbond substituents is 1. The number of nitrogens with zero attached hydrogens (tertiary/aromatic N) is 5. The van der Waals surface area contributed by atoms with Crippen molar-refractivity contribution in [1.82, 2.24) is 19.8 Å². The lowest BCUT2D eigenvalue weighted by Crippen LogP contribution is -2.27. The molecule has 1 atom stereocenters. The second kappa shape index (κ2) is 8.11. The van der Waals surface area contributed by atoms with Crippen LogP contribution in [-0.2, 0) is 0 Å². The highest BCUT2D eigenvalue weighted by Gasteiger charge is 2.36. The van der Waals surface area contributed by atoms with Crippen LogP contribution in [0.3, 0.4) is 0 Å². The Balaban J connectivity index is 1.56. The molecule has 0 saturated carbocycles. The second-order valence-electron chi connectivity index (χ2n) is 7.61. The number of carbonyl (C=O) groups excluding carboxylic acids is 1. The van der Waals surface area contributed by atoms with Gasteiger partial charge in [-0.3, -0.25) is 9.78 Å². The van der Waals surface area contributed by atoms with Gasteiger partial charge in [0, 0.05) is 29.9 Å². The Kier molecular flexibility index (Phi) is 4.99. The Morgan fingerprint density at radius 3 is 2.53 bits per heavy atom. The van der Waals surface area contributed by atoms with Crippen molar-refractivity contribution in [2.45, 2.75) is 19.4 Å². The number of phenols is 1. The standard InChI is InChI=1S/C25H21N5O2/c1-17-21(16-27-29(17)19-9-3-2-4-10-19)25(32)30-23(20-11-5-6-12-24(20)31)14-22(28-30)18-8-7-13-26-15-18/h2-13,15-16,23,31H,14H2,1H3. The number of hydrazone groups is 1. The first kappa shape index (κ1) is 19.7. The molecule has 0 spiro atoms. The van der Waals surface area contributed by atoms with Crippen LogP contribution in [0.2, 0.25) is 0 Å². The maximum Gasteiger partial charge on any atom is 0.278 e. The summed E-state index contributed by atoms with van der Waals surface area (Å²) in [5.74, 6) is -0.133. The number of para-hydroxylation sites is 2. The van der Waals surface area contributed by atoms with Crippen LogP contribution in [0.25, 0.3) is 5.69 Å². The van der Waals surface area contributed by atoms with Gasteiger partial charge in [-0.15, -0.1) is 0 Å². The minimum Gasteiger partial charge on any atom is -0.508 e. The first-order valence-corrected chi connectivity index (χ1v) is 10.3. The SMILES string of the molecule is Cc1c(C(=O)N2N=C(c3cccnc3)CC2c2ccccc2O)cnn1-c1ccccc1. The van der Waals surface area contributed by atoms with E-state index >= 15 is 0 Å². The maximum absolute atomic E-state index is 13.7. The summed E-state index contributed by atoms with van der Waals surface area (Å²) >= 11 is 0. The van der Waals surface area contributed by atoms with E-state index in [1.54, 1.807) is 35.4 Å². The van der Waals surface area contributed by atoms with Crippen molar-refractivity contribution >= 4 is 11.6 Å². The molecular weight excluding hydrogens is 402 g/mol. The zero-order valence-electron chi connectivity index (χ0n) is 17.5. The van der Waals surface area contributed by atoms with Crippen LogP contribution in [-0.4, -0.2) is 36.5 Å². The Morgan fingerprint density at radius 1 is 1.00 bits per heavy atom. The van der Waals surface area contributed by atoms with Crippen molar-refractivity contribution in [1.29, 1.82) is 0 Å². The lowest BCUT2D eigenvalue weighted by atomic mass is 9.98. The van der Waals surface area contributed by atoms with Crippen LogP contribution >= 0.6 is 0 Å². The summed E-state index contributed by atoms with van der Waals surface area (Å²) < 4.78 is 1.74. The van der Waals surface area contributed by atoms with Gasteiger partial charge in [-0.25, -0.2) is 9.69 Å². The fourth-order valence-corrected chi connectivity index (χ4v) is 3.99. The molecule has 7 heteroatoms. The average Bonchev–Trinajstić information content (AvgIpc) is 3.44. The smallest absolute Gasteiger partial charge is 0.278 e. The van der Waals surface area contributed by atoms with Crippen LogP contribution in [0, 0.1) is 6.92 Å². The highest BCUT2D eigenvalue weighted by atomic mass is 16.3. The largest absolute Gasteiger partial charge is 0.508 e. The third kappa shape index (κ3) is 3.43. The Hall–Kier alpha value is -4.26. The monoisotopic (exact) mass is 423 g/mol. The Morgan fingerprint density at radius 2 is 1.78 bits per heavy atom. The molecular formula is C25H21N5O2. The van der Waals surface area contributed by atoms with Gasteiger partial charge >= 0.3 is 0 Å². The van der Waals surface area contributed by atoms with Crippen molar-refractivity contribution in [3.8, 4) is 11.4 Å². The van der Waals surface area contributed by atoms with Crippen molar-refractivity contribution < 1.29 is 9.90 Å². The Bertz CT molecular complexity index is 1300. The molecule has 0 bridgehead atoms. The fourth-order valence-electron chi connectivity index (χ4n) is 3.99. The van der Waals surface area contributed by atoms with E-state index in [0.717, 1.165) is 22.7 Å². The van der Waals surface area contributed by atoms with E-state index in [1.165, 1.54) is 5.01 Å². The van der Waals surface area contributed by atoms with Gasteiger partial charge in [0.1, 0.15) is 5.75 Å². The zero-order valence-corrected chi connectivity index (χ0v) is 17.5. The predicted molar refractivity (Wildman–Crippen MR) is 121 cm³/mol. The third-order valence-electron chi connectivity index (χ3n) is 5.65. The first-order valence-electron chi connectivity index (χ1n) is 10.3. The first-order chi connectivity index (χ1) is 15.6. The number of aromatic nitrogens is 3. The molecule has 0 fully saturated rings. The summed E-state index contributed by atoms with van der Waals surface area (Å²) in [6.07, 6.45) is 5.47. The summed E-state index contributed by atoms with van der Waals surface area (Å²) in [6.45, 7) is 1.87. The van der Waals surface area contributed by atoms with Crippen molar-refractivity contribution in [3.63, 3.8) is 0 Å². The highest BCUT2D eigenvalue weighted by molar-refractivity contribution is 6.05. The maximum atomic E-state index is 13.7. The van der Waals surface area contributed by atoms with Gasteiger partial charge < -0.3 is 5.11 Å². The van der Waals surface area contributed by atoms with Gasteiger partial charge in [-0.05, 0) is 31.2 Å². The summed E-state index contributed by atoms with van der Waals surface area (Å²) in [5, 5.41) is 21.0. The van der Waals surface area contributed by atoms with Gasteiger partial charge in [0.15, 0.2) is 0 Å². The van der Waals surface area contributed by atoms with Crippen LogP contribution in [0.15, 0.2) is 90.4 Å². The number of hydrogen-bond acceptors (Lipinski definition) is 5. The lowest BCUT2D eigenvalue weighted by molar-refractivity contribution is 0.0709. The average molecular weight is 423 g/mol. The predicted octanol–water partition coefficient (Wildman–Crippen LogP) is 4.27. The summed E-state index contributed by atoms with van der Waals surface area (Å²) in [5.41, 5.74) is 4.30. The summed E-state index contributed by atoms with van der Waals surface area (Å²) in [6, 6.07) is 20.0. The van der Waals surface area contributed by atoms with E-state index in [4.69, 9.17) is 0 Å². The van der Waals surface area contributed by atoms with E-state index in [2.05, 4.69) is 15.2 Å². The molecule has 4 aromatic rings. The number of rotatable bonds is 4. The minimum atomic E-state index is -0.432. The molecule has 32 heavy (non-hydrogen) atoms. The van der Waals surface area contributed by atoms with Crippen LogP contribution < -0.4 is 0 Å². The van der Waals surface area contributed by atoms with Gasteiger partial charge in [0.05, 0.1) is 34.9 Å². The molecule has 1 aliphatic rings. The minimum absolute atomic E-state index is 0.134. The summed E-state index contributed by atoms with van der Waals surface area (Å²) in [7, 11) is 0. The molecule has 2 aromatic carbocycles. The normalized spacial score (nSPS) is 15.6. The second-order valence-corrected chi connectivity index (χ2v) is 7.61. The van der Waals surface area contributed by atoms with E-state index in [0.29, 0.717) is 17.5 Å². The molecule has 7 nitrogen and oxygen atoms in total. The summed E-state index contributed by atoms with van der Waals surface area (Å²) in [4.78, 5) is 17.8. The number of amides is 1. The number of benzene rings is 2. The molecule has 3 heterocycles. The molecule has 2 aromatic heterocycles. The highest BCUT2D eigenvalue weighted by Crippen LogP contribution is 2.38. The molecule has 0 saturated heterocycles. The molecule has 1 unspecified atom stereocenters. The molecule has 0 radical (unpaired) electrons. The topological polar surface area (TPSA) is 83.6 Å². The molecule has 1 amide bonds. The van der Waals surface area contributed by atoms with E-state index in [1.807, 2.05) is 61.5 Å². The third-order valence-corrected chi connectivity index (χ3v) is 5.65. The van der Waals surface area contributed by atoms with Gasteiger partial charge in [0.2, 0.25) is 0 Å². The zero-order chi connectivity index (χ0) is 22.1. The lowest BCUT2D eigenvalue weighted by Gasteiger charge is -2.22. The van der Waals surface area contributed by atoms with Crippen LogP contribution in [0.1, 0.15) is 39.6 Å². The molecule has 0 aliphatic carbocycles. The van der Waals surface area contributed by atoms with Crippen molar-refractivity contribution in [2.75, 3.05) is 0 Å². The van der Waals surface area contributed by atoms with Crippen molar-refractivity contribution in [2.24, 2.45) is 5.10 Å². The Labute approximate surface area is 185 Å². The molecule has 158 valence electrons. The number of hydrogen-bond donors (Lipinski definition) is 1. The van der Waals surface area contributed by atoms with Gasteiger partial charge in [-0.2, -0.15) is 10.2 Å². The van der Waals surface area contributed by atoms with Crippen LogP contribution in [0.4, 0.5) is 0 Å².